The molecule has 0 spiro atoms. The highest BCUT2D eigenvalue weighted by Gasteiger charge is 2.21. The molecule has 0 atom stereocenters. The molecule has 0 radical (unpaired) electrons. The van der Waals surface area contributed by atoms with Crippen LogP contribution in [-0.2, 0) is 6.54 Å². The molecule has 0 saturated heterocycles. The maximum atomic E-state index is 12.6. The first-order valence-electron chi connectivity index (χ1n) is 8.04. The SMILES string of the molecule is CCC(CC)N(CCO)CC(=O)c1cc(C)n(CC)c1C. The standard InChI is InChI=1S/C17H30N2O2/c1-6-15(7-2)18(9-10-20)12-17(21)16-11-13(4)19(8-3)14(16)5/h11,15,20H,6-10,12H2,1-5H3. The van der Waals surface area contributed by atoms with Gasteiger partial charge in [0.2, 0.25) is 0 Å². The summed E-state index contributed by atoms with van der Waals surface area (Å²) in [5.74, 6) is 0.156. The molecule has 0 aromatic carbocycles. The van der Waals surface area contributed by atoms with Crippen LogP contribution in [0, 0.1) is 13.8 Å². The van der Waals surface area contributed by atoms with E-state index >= 15 is 0 Å². The summed E-state index contributed by atoms with van der Waals surface area (Å²) in [4.78, 5) is 14.7. The van der Waals surface area contributed by atoms with E-state index < -0.39 is 0 Å². The van der Waals surface area contributed by atoms with Crippen LogP contribution < -0.4 is 0 Å². The Hall–Kier alpha value is -1.13. The van der Waals surface area contributed by atoms with Crippen LogP contribution >= 0.6 is 0 Å². The average molecular weight is 294 g/mol. The Labute approximate surface area is 128 Å². The van der Waals surface area contributed by atoms with Gasteiger partial charge in [-0.25, -0.2) is 0 Å². The lowest BCUT2D eigenvalue weighted by atomic mass is 10.1. The Morgan fingerprint density at radius 1 is 1.29 bits per heavy atom. The van der Waals surface area contributed by atoms with Crippen molar-refractivity contribution in [2.24, 2.45) is 0 Å². The van der Waals surface area contributed by atoms with Gasteiger partial charge in [-0.05, 0) is 39.7 Å². The smallest absolute Gasteiger partial charge is 0.178 e. The molecule has 0 aliphatic rings. The molecule has 0 unspecified atom stereocenters. The molecule has 0 aliphatic carbocycles. The Bertz CT molecular complexity index is 462. The Morgan fingerprint density at radius 2 is 1.90 bits per heavy atom. The third kappa shape index (κ3) is 4.17. The van der Waals surface area contributed by atoms with Crippen molar-refractivity contribution in [1.82, 2.24) is 9.47 Å². The van der Waals surface area contributed by atoms with Crippen molar-refractivity contribution in [1.29, 1.82) is 0 Å². The van der Waals surface area contributed by atoms with Crippen molar-refractivity contribution < 1.29 is 9.90 Å². The van der Waals surface area contributed by atoms with E-state index in [4.69, 9.17) is 0 Å². The van der Waals surface area contributed by atoms with Crippen LogP contribution in [0.5, 0.6) is 0 Å². The number of hydrogen-bond acceptors (Lipinski definition) is 3. The van der Waals surface area contributed by atoms with Gasteiger partial charge in [0.15, 0.2) is 5.78 Å². The molecular formula is C17H30N2O2. The number of ketones is 1. The predicted octanol–water partition coefficient (Wildman–Crippen LogP) is 2.79. The molecule has 120 valence electrons. The molecule has 1 aromatic heterocycles. The highest BCUT2D eigenvalue weighted by molar-refractivity contribution is 5.99. The van der Waals surface area contributed by atoms with Gasteiger partial charge in [-0.15, -0.1) is 0 Å². The fourth-order valence-corrected chi connectivity index (χ4v) is 3.16. The van der Waals surface area contributed by atoms with Crippen molar-refractivity contribution in [3.8, 4) is 0 Å². The number of carbonyl (C=O) groups excluding carboxylic acids is 1. The molecule has 4 heteroatoms. The van der Waals surface area contributed by atoms with Gasteiger partial charge in [0, 0.05) is 36.1 Å². The number of aromatic nitrogens is 1. The molecule has 1 aromatic rings. The quantitative estimate of drug-likeness (QED) is 0.712. The maximum Gasteiger partial charge on any atom is 0.178 e. The molecule has 4 nitrogen and oxygen atoms in total. The summed E-state index contributed by atoms with van der Waals surface area (Å²) in [7, 11) is 0. The number of Topliss-reactive ketones (excluding diaryl/α,β-unsaturated/α-hetero) is 1. The van der Waals surface area contributed by atoms with Crippen LogP contribution in [0.1, 0.15) is 55.4 Å². The van der Waals surface area contributed by atoms with E-state index in [0.29, 0.717) is 19.1 Å². The molecule has 0 amide bonds. The normalized spacial score (nSPS) is 11.6. The summed E-state index contributed by atoms with van der Waals surface area (Å²) in [5, 5.41) is 9.24. The average Bonchev–Trinajstić information content (AvgIpc) is 2.75. The highest BCUT2D eigenvalue weighted by Crippen LogP contribution is 2.17. The summed E-state index contributed by atoms with van der Waals surface area (Å²) < 4.78 is 2.17. The van der Waals surface area contributed by atoms with Gasteiger partial charge in [-0.2, -0.15) is 0 Å². The molecule has 0 bridgehead atoms. The summed E-state index contributed by atoms with van der Waals surface area (Å²) in [6.45, 7) is 12.3. The minimum absolute atomic E-state index is 0.0950. The second-order valence-corrected chi connectivity index (χ2v) is 5.62. The number of aryl methyl sites for hydroxylation is 1. The Kier molecular flexibility index (Phi) is 7.12. The molecule has 0 saturated carbocycles. The summed E-state index contributed by atoms with van der Waals surface area (Å²) in [6.07, 6.45) is 2.00. The number of hydrogen-bond donors (Lipinski definition) is 1. The number of aliphatic hydroxyl groups excluding tert-OH is 1. The number of nitrogens with zero attached hydrogens (tertiary/aromatic N) is 2. The fourth-order valence-electron chi connectivity index (χ4n) is 3.16. The molecule has 0 aliphatic heterocycles. The molecular weight excluding hydrogens is 264 g/mol. The van der Waals surface area contributed by atoms with Crippen molar-refractivity contribution in [3.63, 3.8) is 0 Å². The van der Waals surface area contributed by atoms with Gasteiger partial charge >= 0.3 is 0 Å². The van der Waals surface area contributed by atoms with E-state index in [1.165, 1.54) is 0 Å². The fraction of sp³-hybridized carbons (Fsp3) is 0.706. The van der Waals surface area contributed by atoms with Gasteiger partial charge < -0.3 is 9.67 Å². The van der Waals surface area contributed by atoms with Crippen LogP contribution in [0.4, 0.5) is 0 Å². The Morgan fingerprint density at radius 3 is 2.33 bits per heavy atom. The van der Waals surface area contributed by atoms with Gasteiger partial charge in [-0.1, -0.05) is 13.8 Å². The third-order valence-corrected chi connectivity index (χ3v) is 4.38. The first-order chi connectivity index (χ1) is 9.99. The monoisotopic (exact) mass is 294 g/mol. The van der Waals surface area contributed by atoms with E-state index in [0.717, 1.165) is 36.3 Å². The number of carbonyl (C=O) groups is 1. The highest BCUT2D eigenvalue weighted by atomic mass is 16.3. The minimum atomic E-state index is 0.0950. The summed E-state index contributed by atoms with van der Waals surface area (Å²) >= 11 is 0. The lowest BCUT2D eigenvalue weighted by Gasteiger charge is -2.29. The van der Waals surface area contributed by atoms with Crippen LogP contribution in [0.15, 0.2) is 6.07 Å². The van der Waals surface area contributed by atoms with E-state index in [-0.39, 0.29) is 12.4 Å². The topological polar surface area (TPSA) is 45.5 Å². The van der Waals surface area contributed by atoms with Crippen molar-refractivity contribution >= 4 is 5.78 Å². The summed E-state index contributed by atoms with van der Waals surface area (Å²) in [6, 6.07) is 2.35. The van der Waals surface area contributed by atoms with E-state index in [2.05, 4.69) is 30.2 Å². The van der Waals surface area contributed by atoms with Crippen LogP contribution in [0.25, 0.3) is 0 Å². The predicted molar refractivity (Wildman–Crippen MR) is 86.9 cm³/mol. The second kappa shape index (κ2) is 8.35. The Balaban J connectivity index is 2.91. The van der Waals surface area contributed by atoms with E-state index in [1.54, 1.807) is 0 Å². The minimum Gasteiger partial charge on any atom is -0.395 e. The molecule has 0 fully saturated rings. The maximum absolute atomic E-state index is 12.6. The second-order valence-electron chi connectivity index (χ2n) is 5.62. The molecule has 1 N–H and O–H groups in total. The molecule has 1 heterocycles. The third-order valence-electron chi connectivity index (χ3n) is 4.38. The van der Waals surface area contributed by atoms with E-state index in [9.17, 15) is 9.90 Å². The number of rotatable bonds is 9. The first-order valence-corrected chi connectivity index (χ1v) is 8.04. The van der Waals surface area contributed by atoms with Gasteiger partial charge in [0.05, 0.1) is 13.2 Å². The lowest BCUT2D eigenvalue weighted by molar-refractivity contribution is 0.0849. The van der Waals surface area contributed by atoms with Crippen molar-refractivity contribution in [2.45, 2.75) is 60.0 Å². The summed E-state index contributed by atoms with van der Waals surface area (Å²) in [5.41, 5.74) is 3.01. The first kappa shape index (κ1) is 17.9. The van der Waals surface area contributed by atoms with Gasteiger partial charge in [0.25, 0.3) is 0 Å². The van der Waals surface area contributed by atoms with Crippen LogP contribution in [0.3, 0.4) is 0 Å². The zero-order valence-corrected chi connectivity index (χ0v) is 14.1. The molecule has 1 rings (SSSR count). The number of aliphatic hydroxyl groups is 1. The molecule has 21 heavy (non-hydrogen) atoms. The van der Waals surface area contributed by atoms with Gasteiger partial charge in [-0.3, -0.25) is 9.69 Å². The van der Waals surface area contributed by atoms with Crippen LogP contribution in [-0.4, -0.2) is 46.1 Å². The largest absolute Gasteiger partial charge is 0.395 e. The zero-order chi connectivity index (χ0) is 16.0. The van der Waals surface area contributed by atoms with Crippen molar-refractivity contribution in [2.75, 3.05) is 19.7 Å². The zero-order valence-electron chi connectivity index (χ0n) is 14.1. The van der Waals surface area contributed by atoms with E-state index in [1.807, 2.05) is 19.9 Å². The van der Waals surface area contributed by atoms with Crippen LogP contribution in [0.2, 0.25) is 0 Å². The lowest BCUT2D eigenvalue weighted by Crippen LogP contribution is -2.40. The van der Waals surface area contributed by atoms with Crippen molar-refractivity contribution in [3.05, 3.63) is 23.0 Å². The van der Waals surface area contributed by atoms with Gasteiger partial charge in [0.1, 0.15) is 0 Å².